The van der Waals surface area contributed by atoms with Crippen LogP contribution >= 0.6 is 23.5 Å². The zero-order valence-corrected chi connectivity index (χ0v) is 23.4. The van der Waals surface area contributed by atoms with Gasteiger partial charge < -0.3 is 9.64 Å². The van der Waals surface area contributed by atoms with E-state index in [0.29, 0.717) is 23.1 Å². The average Bonchev–Trinajstić information content (AvgIpc) is 3.03. The maximum Gasteiger partial charge on any atom is 0.410 e. The Labute approximate surface area is 218 Å². The van der Waals surface area contributed by atoms with Crippen LogP contribution in [0, 0.1) is 12.8 Å². The van der Waals surface area contributed by atoms with Crippen molar-refractivity contribution in [3.63, 3.8) is 0 Å². The fraction of sp³-hybridized carbons (Fsp3) is 0.600. The van der Waals surface area contributed by atoms with Gasteiger partial charge in [-0.25, -0.2) is 9.78 Å². The van der Waals surface area contributed by atoms with Gasteiger partial charge in [0.15, 0.2) is 0 Å². The summed E-state index contributed by atoms with van der Waals surface area (Å²) in [4.78, 5) is 31.0. The van der Waals surface area contributed by atoms with Gasteiger partial charge in [-0.05, 0) is 84.9 Å². The zero-order valence-electron chi connectivity index (χ0n) is 21.9. The predicted octanol–water partition coefficient (Wildman–Crippen LogP) is 5.67. The second-order valence-electron chi connectivity index (χ2n) is 10.5. The first-order valence-electron chi connectivity index (χ1n) is 11.7. The molecule has 1 saturated heterocycles. The lowest BCUT2D eigenvalue weighted by Crippen LogP contribution is -2.45. The summed E-state index contributed by atoms with van der Waals surface area (Å²) >= 11 is 7.15. The molecular weight excluding hydrogens is 486 g/mol. The largest absolute Gasteiger partial charge is 0.444 e. The Kier molecular flexibility index (Phi) is 10.0. The topological polar surface area (TPSA) is 87.1 Å². The van der Waals surface area contributed by atoms with Gasteiger partial charge in [-0.2, -0.15) is 5.10 Å². The van der Waals surface area contributed by atoms with E-state index >= 15 is 0 Å². The first kappa shape index (κ1) is 29.0. The minimum atomic E-state index is -0.504. The monoisotopic (exact) mass is 523 g/mol. The number of hydrogen-bond acceptors (Lipinski definition) is 7. The highest BCUT2D eigenvalue weighted by Gasteiger charge is 2.42. The number of aromatic nitrogens is 1. The average molecular weight is 524 g/mol. The van der Waals surface area contributed by atoms with Crippen LogP contribution in [0.25, 0.3) is 0 Å². The Morgan fingerprint density at radius 2 is 2.11 bits per heavy atom. The first-order chi connectivity index (χ1) is 16.2. The number of hydrazone groups is 1. The van der Waals surface area contributed by atoms with E-state index in [1.54, 1.807) is 18.2 Å². The van der Waals surface area contributed by atoms with E-state index in [1.807, 2.05) is 44.7 Å². The molecule has 2 amide bonds. The molecule has 1 N–H and O–H groups in total. The molecule has 0 saturated carbocycles. The summed E-state index contributed by atoms with van der Waals surface area (Å²) in [5, 5.41) is 7.09. The van der Waals surface area contributed by atoms with Gasteiger partial charge in [0.05, 0.1) is 5.56 Å². The van der Waals surface area contributed by atoms with Crippen LogP contribution in [0.4, 0.5) is 4.79 Å². The molecule has 1 fully saturated rings. The summed E-state index contributed by atoms with van der Waals surface area (Å²) in [6.07, 6.45) is 4.19. The van der Waals surface area contributed by atoms with Crippen LogP contribution in [0.3, 0.4) is 0 Å². The molecule has 2 rings (SSSR count). The number of nitrogens with zero attached hydrogens (tertiary/aromatic N) is 4. The molecule has 0 aromatic carbocycles. The number of halogens is 1. The number of ether oxygens (including phenoxy) is 1. The van der Waals surface area contributed by atoms with Gasteiger partial charge in [-0.3, -0.25) is 14.5 Å². The molecule has 0 bridgehead atoms. The van der Waals surface area contributed by atoms with Crippen LogP contribution in [0.1, 0.15) is 69.9 Å². The van der Waals surface area contributed by atoms with Gasteiger partial charge in [0, 0.05) is 43.3 Å². The summed E-state index contributed by atoms with van der Waals surface area (Å²) < 4.78 is 8.32. The van der Waals surface area contributed by atoms with E-state index in [2.05, 4.69) is 35.2 Å². The van der Waals surface area contributed by atoms with E-state index in [1.165, 1.54) is 0 Å². The number of pyridine rings is 1. The second kappa shape index (κ2) is 12.1. The van der Waals surface area contributed by atoms with Gasteiger partial charge in [0.2, 0.25) is 0 Å². The summed E-state index contributed by atoms with van der Waals surface area (Å²) in [6.45, 7) is 16.9. The molecule has 1 atom stereocenters. The molecule has 8 nitrogen and oxygen atoms in total. The molecule has 0 spiro atoms. The van der Waals surface area contributed by atoms with Crippen molar-refractivity contribution in [2.45, 2.75) is 71.9 Å². The highest BCUT2D eigenvalue weighted by atomic mass is 35.5. The number of carbonyl (C=O) groups excluding carboxylic acids is 2. The molecule has 1 aromatic heterocycles. The van der Waals surface area contributed by atoms with Crippen molar-refractivity contribution in [3.8, 4) is 0 Å². The molecule has 1 unspecified atom stereocenters. The molecule has 0 radical (unpaired) electrons. The molecule has 10 heteroatoms. The Balaban J connectivity index is 1.82. The van der Waals surface area contributed by atoms with Crippen molar-refractivity contribution in [2.75, 3.05) is 20.1 Å². The standard InChI is InChI=1S/C25H38ClN5O3S/c1-9-20(35-29-22(32)19-13-12-17(2)27-21(19)26)28-30(8)14-10-11-18-15-25(6,7)31(16-18)23(33)34-24(3,4)5/h9,12-13,18H,1,10-11,14-16H2,2-8H3,(H,29,32)/b28-20+. The number of carbonyl (C=O) groups is 2. The highest BCUT2D eigenvalue weighted by Crippen LogP contribution is 2.36. The minimum absolute atomic E-state index is 0.164. The van der Waals surface area contributed by atoms with Gasteiger partial charge >= 0.3 is 6.09 Å². The van der Waals surface area contributed by atoms with Crippen LogP contribution in [0.2, 0.25) is 5.15 Å². The number of hydrogen-bond donors (Lipinski definition) is 1. The van der Waals surface area contributed by atoms with E-state index in [-0.39, 0.29) is 22.7 Å². The Bertz CT molecular complexity index is 961. The molecule has 194 valence electrons. The molecule has 1 aliphatic rings. The third-order valence-corrected chi connectivity index (χ3v) is 6.63. The lowest BCUT2D eigenvalue weighted by atomic mass is 9.93. The van der Waals surface area contributed by atoms with Gasteiger partial charge in [0.25, 0.3) is 5.91 Å². The van der Waals surface area contributed by atoms with Crippen molar-refractivity contribution in [1.82, 2.24) is 19.6 Å². The fourth-order valence-electron chi connectivity index (χ4n) is 4.00. The number of likely N-dealkylation sites (tertiary alicyclic amines) is 1. The molecule has 1 aromatic rings. The summed E-state index contributed by atoms with van der Waals surface area (Å²) in [5.41, 5.74) is 0.322. The molecule has 1 aliphatic heterocycles. The van der Waals surface area contributed by atoms with Crippen LogP contribution in [0.5, 0.6) is 0 Å². The van der Waals surface area contributed by atoms with Crippen LogP contribution in [-0.4, -0.2) is 63.2 Å². The van der Waals surface area contributed by atoms with Crippen molar-refractivity contribution in [2.24, 2.45) is 11.0 Å². The van der Waals surface area contributed by atoms with E-state index in [9.17, 15) is 9.59 Å². The fourth-order valence-corrected chi connectivity index (χ4v) is 4.85. The number of rotatable bonds is 7. The van der Waals surface area contributed by atoms with Crippen LogP contribution < -0.4 is 4.72 Å². The van der Waals surface area contributed by atoms with E-state index < -0.39 is 5.60 Å². The van der Waals surface area contributed by atoms with Crippen molar-refractivity contribution < 1.29 is 14.3 Å². The maximum absolute atomic E-state index is 12.6. The number of aryl methyl sites for hydroxylation is 1. The third kappa shape index (κ3) is 9.04. The van der Waals surface area contributed by atoms with Crippen LogP contribution in [0.15, 0.2) is 29.9 Å². The normalized spacial score (nSPS) is 17.8. The Morgan fingerprint density at radius 1 is 1.43 bits per heavy atom. The summed E-state index contributed by atoms with van der Waals surface area (Å²) in [5.74, 6) is 0.0680. The van der Waals surface area contributed by atoms with Gasteiger partial charge in [-0.1, -0.05) is 18.2 Å². The predicted molar refractivity (Wildman–Crippen MR) is 144 cm³/mol. The Morgan fingerprint density at radius 3 is 2.71 bits per heavy atom. The molecule has 2 heterocycles. The van der Waals surface area contributed by atoms with Gasteiger partial charge in [0.1, 0.15) is 15.8 Å². The molecular formula is C25H38ClN5O3S. The van der Waals surface area contributed by atoms with Crippen LogP contribution in [-0.2, 0) is 4.74 Å². The van der Waals surface area contributed by atoms with Crippen molar-refractivity contribution >= 4 is 40.6 Å². The maximum atomic E-state index is 12.6. The highest BCUT2D eigenvalue weighted by molar-refractivity contribution is 8.13. The van der Waals surface area contributed by atoms with Crippen molar-refractivity contribution in [3.05, 3.63) is 41.2 Å². The zero-order chi connectivity index (χ0) is 26.4. The quantitative estimate of drug-likeness (QED) is 0.163. The number of nitrogens with one attached hydrogen (secondary N) is 1. The third-order valence-electron chi connectivity index (χ3n) is 5.59. The summed E-state index contributed by atoms with van der Waals surface area (Å²) in [6, 6.07) is 3.38. The SMILES string of the molecule is C=C/C(=N\N(C)CCCC1CN(C(=O)OC(C)(C)C)C(C)(C)C1)SNC(=O)c1ccc(C)nc1Cl. The van der Waals surface area contributed by atoms with Crippen molar-refractivity contribution in [1.29, 1.82) is 0 Å². The van der Waals surface area contributed by atoms with Gasteiger partial charge in [-0.15, -0.1) is 0 Å². The van der Waals surface area contributed by atoms with E-state index in [4.69, 9.17) is 16.3 Å². The second-order valence-corrected chi connectivity index (χ2v) is 11.6. The van der Waals surface area contributed by atoms with E-state index in [0.717, 1.165) is 43.4 Å². The minimum Gasteiger partial charge on any atom is -0.444 e. The number of amides is 2. The lowest BCUT2D eigenvalue weighted by Gasteiger charge is -2.33. The summed E-state index contributed by atoms with van der Waals surface area (Å²) in [7, 11) is 1.89. The Hall–Kier alpha value is -2.26. The lowest BCUT2D eigenvalue weighted by molar-refractivity contribution is 0.0130. The molecule has 35 heavy (non-hydrogen) atoms. The smallest absolute Gasteiger partial charge is 0.410 e. The first-order valence-corrected chi connectivity index (χ1v) is 12.9. The molecule has 0 aliphatic carbocycles.